The lowest BCUT2D eigenvalue weighted by Gasteiger charge is -2.19. The maximum absolute atomic E-state index is 11.8. The van der Waals surface area contributed by atoms with Crippen LogP contribution in [0.15, 0.2) is 0 Å². The van der Waals surface area contributed by atoms with Gasteiger partial charge in [0.25, 0.3) is 6.48 Å². The molecule has 2 aliphatic heterocycles. The van der Waals surface area contributed by atoms with Gasteiger partial charge in [-0.1, -0.05) is 13.8 Å². The standard InChI is InChI=1S/C22H36O13/c1-3-15(7-30-19(23)13-28-9-17-11-32-21(25)34-17)5-27-6-16(4-2)8-31-20(24)14-29-10-18-12-33-22(26)35-18/h15-18,21,25H,3-14H2,1-2H3. The van der Waals surface area contributed by atoms with Crippen LogP contribution in [-0.4, -0.2) is 108 Å². The summed E-state index contributed by atoms with van der Waals surface area (Å²) in [5, 5.41) is 9.08. The second-order valence-electron chi connectivity index (χ2n) is 8.18. The molecule has 0 spiro atoms. The van der Waals surface area contributed by atoms with Crippen molar-refractivity contribution in [2.45, 2.75) is 45.4 Å². The molecule has 0 aromatic heterocycles. The fraction of sp³-hybridized carbons (Fsp3) is 0.864. The predicted molar refractivity (Wildman–Crippen MR) is 115 cm³/mol. The van der Waals surface area contributed by atoms with Crippen molar-refractivity contribution in [1.82, 2.24) is 0 Å². The van der Waals surface area contributed by atoms with Gasteiger partial charge in [0.15, 0.2) is 6.10 Å². The summed E-state index contributed by atoms with van der Waals surface area (Å²) in [5.74, 6) is -0.987. The number of aliphatic hydroxyl groups excluding tert-OH is 1. The highest BCUT2D eigenvalue weighted by Gasteiger charge is 2.26. The highest BCUT2D eigenvalue weighted by Crippen LogP contribution is 2.11. The number of esters is 2. The smallest absolute Gasteiger partial charge is 0.464 e. The number of carbonyl (C=O) groups is 3. The summed E-state index contributed by atoms with van der Waals surface area (Å²) in [6, 6.07) is 0. The molecule has 2 rings (SSSR count). The highest BCUT2D eigenvalue weighted by molar-refractivity contribution is 5.71. The Morgan fingerprint density at radius 1 is 0.886 bits per heavy atom. The predicted octanol–water partition coefficient (Wildman–Crippen LogP) is 0.402. The van der Waals surface area contributed by atoms with Gasteiger partial charge in [-0.2, -0.15) is 0 Å². The van der Waals surface area contributed by atoms with Gasteiger partial charge < -0.3 is 47.7 Å². The average Bonchev–Trinajstić information content (AvgIpc) is 3.45. The van der Waals surface area contributed by atoms with E-state index in [1.807, 2.05) is 13.8 Å². The molecule has 0 aromatic rings. The molecular formula is C22H36O13. The first-order valence-electron chi connectivity index (χ1n) is 11.7. The third-order valence-corrected chi connectivity index (χ3v) is 5.25. The number of aliphatic hydroxyl groups is 1. The van der Waals surface area contributed by atoms with E-state index in [4.69, 9.17) is 43.0 Å². The Balaban J connectivity index is 1.50. The van der Waals surface area contributed by atoms with Crippen LogP contribution in [0.1, 0.15) is 26.7 Å². The van der Waals surface area contributed by atoms with E-state index in [2.05, 4.69) is 4.74 Å². The summed E-state index contributed by atoms with van der Waals surface area (Å²) < 4.78 is 45.9. The second-order valence-corrected chi connectivity index (χ2v) is 8.18. The van der Waals surface area contributed by atoms with Crippen molar-refractivity contribution in [2.24, 2.45) is 11.8 Å². The van der Waals surface area contributed by atoms with Gasteiger partial charge >= 0.3 is 18.1 Å². The molecule has 35 heavy (non-hydrogen) atoms. The fourth-order valence-electron chi connectivity index (χ4n) is 2.99. The van der Waals surface area contributed by atoms with E-state index in [9.17, 15) is 14.4 Å². The minimum atomic E-state index is -1.25. The summed E-state index contributed by atoms with van der Waals surface area (Å²) in [7, 11) is 0. The van der Waals surface area contributed by atoms with Gasteiger partial charge in [-0.05, 0) is 12.8 Å². The lowest BCUT2D eigenvalue weighted by atomic mass is 10.1. The number of rotatable bonds is 18. The molecule has 0 aliphatic carbocycles. The molecule has 13 heteroatoms. The Hall–Kier alpha value is -2.03. The monoisotopic (exact) mass is 508 g/mol. The van der Waals surface area contributed by atoms with Crippen LogP contribution in [0.25, 0.3) is 0 Å². The molecule has 0 amide bonds. The van der Waals surface area contributed by atoms with Gasteiger partial charge in [0.2, 0.25) is 0 Å². The van der Waals surface area contributed by atoms with E-state index in [1.54, 1.807) is 0 Å². The van der Waals surface area contributed by atoms with Crippen molar-refractivity contribution in [1.29, 1.82) is 0 Å². The molecule has 0 radical (unpaired) electrons. The fourth-order valence-corrected chi connectivity index (χ4v) is 2.99. The minimum Gasteiger partial charge on any atom is -0.464 e. The SMILES string of the molecule is CCC(COCC(CC)COC(=O)COCC1COC(O)O1)COC(=O)COCC1COC(=O)O1. The molecule has 5 atom stereocenters. The number of hydrogen-bond acceptors (Lipinski definition) is 13. The zero-order valence-corrected chi connectivity index (χ0v) is 20.2. The number of carbonyl (C=O) groups excluding carboxylic acids is 3. The summed E-state index contributed by atoms with van der Waals surface area (Å²) >= 11 is 0. The minimum absolute atomic E-state index is 0.0110. The zero-order valence-electron chi connectivity index (χ0n) is 20.2. The van der Waals surface area contributed by atoms with E-state index >= 15 is 0 Å². The molecule has 2 saturated heterocycles. The summed E-state index contributed by atoms with van der Waals surface area (Å²) in [5.41, 5.74) is 0. The van der Waals surface area contributed by atoms with Gasteiger partial charge in [-0.15, -0.1) is 0 Å². The van der Waals surface area contributed by atoms with Gasteiger partial charge in [-0.25, -0.2) is 14.4 Å². The lowest BCUT2D eigenvalue weighted by Crippen LogP contribution is -2.26. The molecule has 2 heterocycles. The van der Waals surface area contributed by atoms with Gasteiger partial charge in [0, 0.05) is 11.8 Å². The number of ether oxygens (including phenoxy) is 9. The van der Waals surface area contributed by atoms with Crippen molar-refractivity contribution in [3.8, 4) is 0 Å². The number of cyclic esters (lactones) is 2. The largest absolute Gasteiger partial charge is 0.508 e. The average molecular weight is 509 g/mol. The molecule has 1 N–H and O–H groups in total. The molecule has 0 saturated carbocycles. The van der Waals surface area contributed by atoms with Crippen molar-refractivity contribution in [3.63, 3.8) is 0 Å². The third kappa shape index (κ3) is 12.5. The Morgan fingerprint density at radius 3 is 1.91 bits per heavy atom. The quantitative estimate of drug-likeness (QED) is 0.201. The maximum Gasteiger partial charge on any atom is 0.508 e. The zero-order chi connectivity index (χ0) is 25.5. The van der Waals surface area contributed by atoms with Crippen LogP contribution in [0.3, 0.4) is 0 Å². The molecule has 2 fully saturated rings. The first kappa shape index (κ1) is 29.2. The Labute approximate surface area is 204 Å². The molecule has 5 unspecified atom stereocenters. The van der Waals surface area contributed by atoms with Crippen LogP contribution in [0.4, 0.5) is 4.79 Å². The Bertz CT molecular complexity index is 643. The van der Waals surface area contributed by atoms with Crippen molar-refractivity contribution < 1.29 is 62.1 Å². The summed E-state index contributed by atoms with van der Waals surface area (Å²) in [6.07, 6.45) is -0.167. The van der Waals surface area contributed by atoms with E-state index in [1.165, 1.54) is 0 Å². The van der Waals surface area contributed by atoms with E-state index < -0.39 is 36.8 Å². The second kappa shape index (κ2) is 16.6. The van der Waals surface area contributed by atoms with Crippen molar-refractivity contribution in [2.75, 3.05) is 66.1 Å². The van der Waals surface area contributed by atoms with Crippen molar-refractivity contribution in [3.05, 3.63) is 0 Å². The van der Waals surface area contributed by atoms with Gasteiger partial charge in [-0.3, -0.25) is 0 Å². The van der Waals surface area contributed by atoms with Crippen LogP contribution in [-0.2, 0) is 52.2 Å². The first-order chi connectivity index (χ1) is 16.9. The van der Waals surface area contributed by atoms with Crippen LogP contribution in [0, 0.1) is 11.8 Å². The Kier molecular flexibility index (Phi) is 13.9. The molecule has 202 valence electrons. The van der Waals surface area contributed by atoms with Gasteiger partial charge in [0.1, 0.15) is 25.9 Å². The Morgan fingerprint density at radius 2 is 1.46 bits per heavy atom. The molecule has 0 aromatic carbocycles. The molecular weight excluding hydrogens is 472 g/mol. The summed E-state index contributed by atoms with van der Waals surface area (Å²) in [6.45, 7) is 3.88. The van der Waals surface area contributed by atoms with E-state index in [-0.39, 0.29) is 64.7 Å². The van der Waals surface area contributed by atoms with Crippen LogP contribution >= 0.6 is 0 Å². The number of hydrogen-bond donors (Lipinski definition) is 1. The molecule has 2 aliphatic rings. The highest BCUT2D eigenvalue weighted by atomic mass is 16.8. The van der Waals surface area contributed by atoms with Gasteiger partial charge in [0.05, 0.1) is 46.2 Å². The normalized spacial score (nSPS) is 23.4. The first-order valence-corrected chi connectivity index (χ1v) is 11.7. The molecule has 0 bridgehead atoms. The lowest BCUT2D eigenvalue weighted by molar-refractivity contribution is -0.207. The van der Waals surface area contributed by atoms with Crippen molar-refractivity contribution >= 4 is 18.1 Å². The topological polar surface area (TPSA) is 155 Å². The third-order valence-electron chi connectivity index (χ3n) is 5.25. The summed E-state index contributed by atoms with van der Waals surface area (Å²) in [4.78, 5) is 34.5. The van der Waals surface area contributed by atoms with E-state index in [0.29, 0.717) is 13.2 Å². The maximum atomic E-state index is 11.8. The van der Waals surface area contributed by atoms with Crippen LogP contribution in [0.5, 0.6) is 0 Å². The van der Waals surface area contributed by atoms with Crippen LogP contribution < -0.4 is 0 Å². The van der Waals surface area contributed by atoms with E-state index in [0.717, 1.165) is 12.8 Å². The van der Waals surface area contributed by atoms with Crippen LogP contribution in [0.2, 0.25) is 0 Å². The molecule has 13 nitrogen and oxygen atoms in total.